The van der Waals surface area contributed by atoms with Crippen LogP contribution >= 0.6 is 0 Å². The number of hydrogen-bond donors (Lipinski definition) is 4. The number of aliphatic hydroxyl groups is 1. The zero-order valence-electron chi connectivity index (χ0n) is 13.5. The molecule has 6 nitrogen and oxygen atoms in total. The van der Waals surface area contributed by atoms with Crippen molar-refractivity contribution in [2.24, 2.45) is 0 Å². The number of aryl methyl sites for hydroxylation is 1. The highest BCUT2D eigenvalue weighted by Gasteiger charge is 2.12. The highest BCUT2D eigenvalue weighted by Crippen LogP contribution is 2.31. The van der Waals surface area contributed by atoms with Crippen molar-refractivity contribution < 1.29 is 10.2 Å². The first kappa shape index (κ1) is 15.4. The maximum absolute atomic E-state index is 9.68. The van der Waals surface area contributed by atoms with Gasteiger partial charge in [0.15, 0.2) is 5.82 Å². The molecule has 5 N–H and O–H groups in total. The summed E-state index contributed by atoms with van der Waals surface area (Å²) in [5.41, 5.74) is 10.2. The minimum atomic E-state index is 0.124. The number of aromatic amines is 1. The van der Waals surface area contributed by atoms with E-state index < -0.39 is 0 Å². The minimum Gasteiger partial charge on any atom is -0.508 e. The van der Waals surface area contributed by atoms with Gasteiger partial charge in [0.25, 0.3) is 0 Å². The summed E-state index contributed by atoms with van der Waals surface area (Å²) in [4.78, 5) is 12.3. The molecule has 4 rings (SSSR count). The molecule has 0 saturated carbocycles. The van der Waals surface area contributed by atoms with Crippen molar-refractivity contribution in [1.29, 1.82) is 0 Å². The van der Waals surface area contributed by atoms with Crippen molar-refractivity contribution in [3.63, 3.8) is 0 Å². The first-order valence-corrected chi connectivity index (χ1v) is 8.14. The number of anilines is 1. The Morgan fingerprint density at radius 1 is 1.04 bits per heavy atom. The number of fused-ring (bicyclic) bond motifs is 3. The zero-order chi connectivity index (χ0) is 17.4. The van der Waals surface area contributed by atoms with Gasteiger partial charge in [-0.3, -0.25) is 0 Å². The summed E-state index contributed by atoms with van der Waals surface area (Å²) in [5.74, 6) is 1.40. The van der Waals surface area contributed by atoms with E-state index in [1.165, 1.54) is 0 Å². The van der Waals surface area contributed by atoms with Crippen LogP contribution in [-0.4, -0.2) is 31.8 Å². The molecule has 0 fully saturated rings. The average Bonchev–Trinajstić information content (AvgIpc) is 3.04. The molecule has 2 aromatic heterocycles. The number of aromatic nitrogens is 3. The Bertz CT molecular complexity index is 1070. The van der Waals surface area contributed by atoms with Crippen molar-refractivity contribution in [3.8, 4) is 16.9 Å². The van der Waals surface area contributed by atoms with Crippen LogP contribution < -0.4 is 5.73 Å². The molecule has 0 aliphatic heterocycles. The molecule has 0 amide bonds. The number of nitrogens with zero attached hydrogens (tertiary/aromatic N) is 2. The van der Waals surface area contributed by atoms with Gasteiger partial charge >= 0.3 is 0 Å². The minimum absolute atomic E-state index is 0.124. The highest BCUT2D eigenvalue weighted by molar-refractivity contribution is 6.07. The Morgan fingerprint density at radius 3 is 2.68 bits per heavy atom. The molecule has 0 unspecified atom stereocenters. The van der Waals surface area contributed by atoms with Crippen LogP contribution in [0.2, 0.25) is 0 Å². The number of nitrogens with two attached hydrogens (primary N) is 1. The van der Waals surface area contributed by atoms with Gasteiger partial charge in [0, 0.05) is 18.4 Å². The molecule has 0 bridgehead atoms. The number of aromatic hydroxyl groups is 1. The third-order valence-corrected chi connectivity index (χ3v) is 4.25. The van der Waals surface area contributed by atoms with Crippen LogP contribution in [0.4, 0.5) is 5.82 Å². The van der Waals surface area contributed by atoms with E-state index in [4.69, 9.17) is 10.8 Å². The molecule has 4 aromatic rings. The Hall–Kier alpha value is -3.12. The first-order valence-electron chi connectivity index (χ1n) is 8.14. The van der Waals surface area contributed by atoms with E-state index in [2.05, 4.69) is 15.0 Å². The Labute approximate surface area is 144 Å². The van der Waals surface area contributed by atoms with Crippen molar-refractivity contribution in [1.82, 2.24) is 15.0 Å². The van der Waals surface area contributed by atoms with Gasteiger partial charge in [-0.2, -0.15) is 0 Å². The van der Waals surface area contributed by atoms with Crippen LogP contribution in [0.15, 0.2) is 42.5 Å². The summed E-state index contributed by atoms with van der Waals surface area (Å²) in [6.07, 6.45) is 1.31. The molecule has 0 radical (unpaired) electrons. The number of benzene rings is 2. The van der Waals surface area contributed by atoms with E-state index in [0.29, 0.717) is 24.2 Å². The van der Waals surface area contributed by atoms with Gasteiger partial charge in [-0.1, -0.05) is 24.3 Å². The topological polar surface area (TPSA) is 108 Å². The van der Waals surface area contributed by atoms with E-state index in [1.54, 1.807) is 12.1 Å². The largest absolute Gasteiger partial charge is 0.508 e. The van der Waals surface area contributed by atoms with E-state index in [-0.39, 0.29) is 12.4 Å². The molecule has 2 heterocycles. The number of phenolic OH excluding ortho intramolecular Hbond substituents is 1. The SMILES string of the molecule is Nc1nc2cc(-c3cccc(O)c3)ccc2c2[nH]c(CCCO)nc12. The van der Waals surface area contributed by atoms with Crippen molar-refractivity contribution in [2.45, 2.75) is 12.8 Å². The molecule has 6 heteroatoms. The van der Waals surface area contributed by atoms with E-state index in [1.807, 2.05) is 30.3 Å². The molecule has 126 valence electrons. The number of nitrogens with one attached hydrogen (secondary N) is 1. The van der Waals surface area contributed by atoms with Crippen LogP contribution in [0.5, 0.6) is 5.75 Å². The second-order valence-electron chi connectivity index (χ2n) is 6.01. The van der Waals surface area contributed by atoms with Gasteiger partial charge in [-0.05, 0) is 35.7 Å². The standard InChI is InChI=1S/C19H18N4O2/c20-19-18-17(22-16(23-18)5-2-8-24)14-7-6-12(10-15(14)21-19)11-3-1-4-13(25)9-11/h1,3-4,6-7,9-10,24-25H,2,5,8H2,(H2,20,21)(H,22,23). The molecule has 0 spiro atoms. The zero-order valence-corrected chi connectivity index (χ0v) is 13.5. The fourth-order valence-electron chi connectivity index (χ4n) is 3.05. The summed E-state index contributed by atoms with van der Waals surface area (Å²) in [5, 5.41) is 19.6. The van der Waals surface area contributed by atoms with Gasteiger partial charge in [-0.25, -0.2) is 9.97 Å². The Balaban J connectivity index is 1.87. The van der Waals surface area contributed by atoms with Crippen LogP contribution in [-0.2, 0) is 6.42 Å². The van der Waals surface area contributed by atoms with Crippen LogP contribution in [0, 0.1) is 0 Å². The highest BCUT2D eigenvalue weighted by atomic mass is 16.3. The fraction of sp³-hybridized carbons (Fsp3) is 0.158. The summed E-state index contributed by atoms with van der Waals surface area (Å²) in [6.45, 7) is 0.124. The lowest BCUT2D eigenvalue weighted by atomic mass is 10.0. The monoisotopic (exact) mass is 334 g/mol. The molecule has 0 aliphatic rings. The number of hydrogen-bond acceptors (Lipinski definition) is 5. The van der Waals surface area contributed by atoms with Gasteiger partial charge < -0.3 is 20.9 Å². The Kier molecular flexibility index (Phi) is 3.74. The van der Waals surface area contributed by atoms with Crippen LogP contribution in [0.1, 0.15) is 12.2 Å². The smallest absolute Gasteiger partial charge is 0.152 e. The lowest BCUT2D eigenvalue weighted by Crippen LogP contribution is -1.93. The van der Waals surface area contributed by atoms with Crippen LogP contribution in [0.25, 0.3) is 33.1 Å². The quantitative estimate of drug-likeness (QED) is 0.459. The second kappa shape index (κ2) is 6.07. The summed E-state index contributed by atoms with van der Waals surface area (Å²) >= 11 is 0. The third-order valence-electron chi connectivity index (χ3n) is 4.25. The predicted octanol–water partition coefficient (Wildman–Crippen LogP) is 2.99. The van der Waals surface area contributed by atoms with Crippen molar-refractivity contribution >= 4 is 27.8 Å². The average molecular weight is 334 g/mol. The fourth-order valence-corrected chi connectivity index (χ4v) is 3.05. The second-order valence-corrected chi connectivity index (χ2v) is 6.01. The third kappa shape index (κ3) is 2.77. The molecule has 0 saturated heterocycles. The van der Waals surface area contributed by atoms with Gasteiger partial charge in [0.05, 0.1) is 11.0 Å². The number of imidazole rings is 1. The van der Waals surface area contributed by atoms with E-state index in [9.17, 15) is 5.11 Å². The van der Waals surface area contributed by atoms with E-state index >= 15 is 0 Å². The first-order chi connectivity index (χ1) is 12.2. The summed E-state index contributed by atoms with van der Waals surface area (Å²) in [6, 6.07) is 13.0. The van der Waals surface area contributed by atoms with Gasteiger partial charge in [-0.15, -0.1) is 0 Å². The maximum atomic E-state index is 9.68. The number of nitrogen functional groups attached to an aromatic ring is 1. The van der Waals surface area contributed by atoms with Gasteiger partial charge in [0.2, 0.25) is 0 Å². The lowest BCUT2D eigenvalue weighted by molar-refractivity contribution is 0.287. The number of pyridine rings is 1. The number of phenols is 1. The molecule has 25 heavy (non-hydrogen) atoms. The number of rotatable bonds is 4. The van der Waals surface area contributed by atoms with Crippen molar-refractivity contribution in [3.05, 3.63) is 48.3 Å². The Morgan fingerprint density at radius 2 is 1.88 bits per heavy atom. The molecular weight excluding hydrogens is 316 g/mol. The molecular formula is C19H18N4O2. The molecule has 0 atom stereocenters. The number of H-pyrrole nitrogens is 1. The van der Waals surface area contributed by atoms with Gasteiger partial charge in [0.1, 0.15) is 17.1 Å². The lowest BCUT2D eigenvalue weighted by Gasteiger charge is -2.06. The predicted molar refractivity (Wildman–Crippen MR) is 98.3 cm³/mol. The normalized spacial score (nSPS) is 11.4. The van der Waals surface area contributed by atoms with Crippen molar-refractivity contribution in [2.75, 3.05) is 12.3 Å². The van der Waals surface area contributed by atoms with E-state index in [0.717, 1.165) is 33.4 Å². The maximum Gasteiger partial charge on any atom is 0.152 e. The molecule has 2 aromatic carbocycles. The van der Waals surface area contributed by atoms with Crippen LogP contribution in [0.3, 0.4) is 0 Å². The summed E-state index contributed by atoms with van der Waals surface area (Å²) in [7, 11) is 0. The number of aliphatic hydroxyl groups excluding tert-OH is 1. The summed E-state index contributed by atoms with van der Waals surface area (Å²) < 4.78 is 0. The molecule has 0 aliphatic carbocycles.